The van der Waals surface area contributed by atoms with Gasteiger partial charge in [-0.2, -0.15) is 0 Å². The maximum Gasteiger partial charge on any atom is 0.256 e. The summed E-state index contributed by atoms with van der Waals surface area (Å²) >= 11 is 0. The summed E-state index contributed by atoms with van der Waals surface area (Å²) in [4.78, 5) is 12.3. The maximum atomic E-state index is 12.2. The highest BCUT2D eigenvalue weighted by Crippen LogP contribution is 2.34. The van der Waals surface area contributed by atoms with Gasteiger partial charge in [0.25, 0.3) is 5.91 Å². The van der Waals surface area contributed by atoms with Crippen LogP contribution < -0.4 is 10.0 Å². The Bertz CT molecular complexity index is 913. The average Bonchev–Trinajstić information content (AvgIpc) is 2.84. The minimum atomic E-state index is -3.56. The van der Waals surface area contributed by atoms with Crippen molar-refractivity contribution in [1.82, 2.24) is 4.72 Å². The van der Waals surface area contributed by atoms with Crippen LogP contribution in [0.3, 0.4) is 0 Å². The van der Waals surface area contributed by atoms with E-state index in [2.05, 4.69) is 10.0 Å². The van der Waals surface area contributed by atoms with Crippen LogP contribution in [0.5, 0.6) is 0 Å². The molecule has 23 heavy (non-hydrogen) atoms. The smallest absolute Gasteiger partial charge is 0.256 e. The lowest BCUT2D eigenvalue weighted by Gasteiger charge is -2.05. The molecule has 5 nitrogen and oxygen atoms in total. The molecule has 118 valence electrons. The molecule has 2 aromatic carbocycles. The van der Waals surface area contributed by atoms with Crippen molar-refractivity contribution in [2.24, 2.45) is 0 Å². The van der Waals surface area contributed by atoms with E-state index >= 15 is 0 Å². The third-order valence-electron chi connectivity index (χ3n) is 3.74. The monoisotopic (exact) mass is 328 g/mol. The quantitative estimate of drug-likeness (QED) is 0.850. The van der Waals surface area contributed by atoms with Gasteiger partial charge in [-0.15, -0.1) is 0 Å². The average molecular weight is 328 g/mol. The first-order valence-electron chi connectivity index (χ1n) is 7.08. The molecule has 0 fully saturated rings. The third kappa shape index (κ3) is 2.91. The zero-order valence-electron chi connectivity index (χ0n) is 12.8. The number of carbonyl (C=O) groups is 1. The van der Waals surface area contributed by atoms with Gasteiger partial charge in [-0.25, -0.2) is 13.1 Å². The van der Waals surface area contributed by atoms with E-state index in [-0.39, 0.29) is 10.8 Å². The van der Waals surface area contributed by atoms with E-state index in [0.717, 1.165) is 11.1 Å². The number of hydrogen-bond donors (Lipinski definition) is 2. The summed E-state index contributed by atoms with van der Waals surface area (Å²) in [5.74, 6) is -0.236. The first kappa shape index (κ1) is 15.5. The van der Waals surface area contributed by atoms with Crippen LogP contribution in [0.2, 0.25) is 0 Å². The van der Waals surface area contributed by atoms with E-state index in [1.54, 1.807) is 12.1 Å². The number of nitrogens with one attached hydrogen (secondary N) is 2. The molecule has 0 bridgehead atoms. The van der Waals surface area contributed by atoms with E-state index in [1.165, 1.54) is 19.2 Å². The molecule has 6 heteroatoms. The van der Waals surface area contributed by atoms with Crippen molar-refractivity contribution < 1.29 is 13.2 Å². The van der Waals surface area contributed by atoms with Crippen molar-refractivity contribution in [3.8, 4) is 0 Å². The van der Waals surface area contributed by atoms with Crippen LogP contribution in [0.1, 0.15) is 16.7 Å². The molecule has 0 unspecified atom stereocenters. The van der Waals surface area contributed by atoms with E-state index in [0.29, 0.717) is 16.8 Å². The van der Waals surface area contributed by atoms with Gasteiger partial charge in [-0.1, -0.05) is 29.8 Å². The number of anilines is 1. The lowest BCUT2D eigenvalue weighted by molar-refractivity contribution is -0.110. The molecule has 0 radical (unpaired) electrons. The molecule has 0 aromatic heterocycles. The molecule has 3 rings (SSSR count). The lowest BCUT2D eigenvalue weighted by atomic mass is 10.0. The standard InChI is InChI=1S/C17H16N2O3S/c1-11-3-5-12(6-4-11)9-15-14-10-13(23(21,22)18-2)7-8-16(14)19-17(15)20/h3-10,18H,1-2H3,(H,19,20). The van der Waals surface area contributed by atoms with Crippen LogP contribution in [-0.2, 0) is 14.8 Å². The summed E-state index contributed by atoms with van der Waals surface area (Å²) in [5.41, 5.74) is 3.67. The van der Waals surface area contributed by atoms with E-state index < -0.39 is 10.0 Å². The normalized spacial score (nSPS) is 15.6. The topological polar surface area (TPSA) is 75.3 Å². The first-order valence-corrected chi connectivity index (χ1v) is 8.57. The van der Waals surface area contributed by atoms with Gasteiger partial charge in [0.15, 0.2) is 0 Å². The van der Waals surface area contributed by atoms with E-state index in [1.807, 2.05) is 31.2 Å². The van der Waals surface area contributed by atoms with Gasteiger partial charge < -0.3 is 5.32 Å². The first-order chi connectivity index (χ1) is 10.9. The Labute approximate surface area is 135 Å². The zero-order valence-corrected chi connectivity index (χ0v) is 13.6. The second-order valence-corrected chi connectivity index (χ2v) is 7.22. The Hall–Kier alpha value is -2.44. The minimum absolute atomic E-state index is 0.130. The van der Waals surface area contributed by atoms with Crippen LogP contribution in [0.4, 0.5) is 5.69 Å². The summed E-state index contributed by atoms with van der Waals surface area (Å²) in [7, 11) is -2.20. The van der Waals surface area contributed by atoms with Gasteiger partial charge in [0.05, 0.1) is 4.90 Å². The summed E-state index contributed by atoms with van der Waals surface area (Å²) in [6.45, 7) is 1.99. The largest absolute Gasteiger partial charge is 0.321 e. The molecule has 0 aliphatic carbocycles. The highest BCUT2D eigenvalue weighted by atomic mass is 32.2. The Morgan fingerprint density at radius 1 is 1.09 bits per heavy atom. The number of amides is 1. The summed E-state index contributed by atoms with van der Waals surface area (Å²) in [6.07, 6.45) is 1.76. The van der Waals surface area contributed by atoms with Crippen LogP contribution in [0.25, 0.3) is 11.6 Å². The highest BCUT2D eigenvalue weighted by molar-refractivity contribution is 7.89. The number of sulfonamides is 1. The number of fused-ring (bicyclic) bond motifs is 1. The minimum Gasteiger partial charge on any atom is -0.321 e. The molecule has 2 aromatic rings. The zero-order chi connectivity index (χ0) is 16.6. The number of aryl methyl sites for hydroxylation is 1. The van der Waals surface area contributed by atoms with Crippen molar-refractivity contribution in [2.45, 2.75) is 11.8 Å². The molecular weight excluding hydrogens is 312 g/mol. The Morgan fingerprint density at radius 3 is 2.43 bits per heavy atom. The Kier molecular flexibility index (Phi) is 3.79. The van der Waals surface area contributed by atoms with Crippen LogP contribution >= 0.6 is 0 Å². The molecule has 2 N–H and O–H groups in total. The van der Waals surface area contributed by atoms with E-state index in [4.69, 9.17) is 0 Å². The van der Waals surface area contributed by atoms with Crippen LogP contribution in [0, 0.1) is 6.92 Å². The lowest BCUT2D eigenvalue weighted by Crippen LogP contribution is -2.18. The fraction of sp³-hybridized carbons (Fsp3) is 0.118. The van der Waals surface area contributed by atoms with Gasteiger partial charge in [0.2, 0.25) is 10.0 Å². The highest BCUT2D eigenvalue weighted by Gasteiger charge is 2.26. The van der Waals surface area contributed by atoms with Crippen LogP contribution in [-0.4, -0.2) is 21.4 Å². The molecule has 0 atom stereocenters. The molecular formula is C17H16N2O3S. The van der Waals surface area contributed by atoms with Gasteiger partial charge in [-0.3, -0.25) is 4.79 Å². The maximum absolute atomic E-state index is 12.2. The van der Waals surface area contributed by atoms with Crippen LogP contribution in [0.15, 0.2) is 47.4 Å². The Balaban J connectivity index is 2.10. The molecule has 0 spiro atoms. The van der Waals surface area contributed by atoms with Crippen molar-refractivity contribution in [3.63, 3.8) is 0 Å². The molecule has 1 heterocycles. The van der Waals surface area contributed by atoms with Gasteiger partial charge in [0, 0.05) is 16.8 Å². The summed E-state index contributed by atoms with van der Waals surface area (Å²) in [5, 5.41) is 2.75. The summed E-state index contributed by atoms with van der Waals surface area (Å²) < 4.78 is 26.2. The second kappa shape index (κ2) is 5.64. The van der Waals surface area contributed by atoms with Gasteiger partial charge in [0.1, 0.15) is 0 Å². The predicted molar refractivity (Wildman–Crippen MR) is 90.4 cm³/mol. The predicted octanol–water partition coefficient (Wildman–Crippen LogP) is 2.40. The number of rotatable bonds is 3. The second-order valence-electron chi connectivity index (χ2n) is 5.34. The number of hydrogen-bond acceptors (Lipinski definition) is 3. The summed E-state index contributed by atoms with van der Waals surface area (Å²) in [6, 6.07) is 12.3. The third-order valence-corrected chi connectivity index (χ3v) is 5.15. The molecule has 1 amide bonds. The van der Waals surface area contributed by atoms with Gasteiger partial charge >= 0.3 is 0 Å². The Morgan fingerprint density at radius 2 is 1.78 bits per heavy atom. The van der Waals surface area contributed by atoms with Crippen molar-refractivity contribution in [1.29, 1.82) is 0 Å². The van der Waals surface area contributed by atoms with Crippen molar-refractivity contribution in [3.05, 3.63) is 59.2 Å². The molecule has 1 aliphatic rings. The SMILES string of the molecule is CNS(=O)(=O)c1ccc2c(c1)C(=Cc1ccc(C)cc1)C(=O)N2. The van der Waals surface area contributed by atoms with Crippen molar-refractivity contribution >= 4 is 33.3 Å². The van der Waals surface area contributed by atoms with E-state index in [9.17, 15) is 13.2 Å². The van der Waals surface area contributed by atoms with Crippen molar-refractivity contribution in [2.75, 3.05) is 12.4 Å². The fourth-order valence-corrected chi connectivity index (χ4v) is 3.18. The molecule has 0 saturated heterocycles. The number of benzene rings is 2. The molecule has 1 aliphatic heterocycles. The van der Waals surface area contributed by atoms with Gasteiger partial charge in [-0.05, 0) is 43.8 Å². The number of carbonyl (C=O) groups excluding carboxylic acids is 1. The molecule has 0 saturated carbocycles. The fourth-order valence-electron chi connectivity index (χ4n) is 2.42.